The molecule has 0 aliphatic rings. The van der Waals surface area contributed by atoms with Crippen molar-refractivity contribution < 1.29 is 19.1 Å². The van der Waals surface area contributed by atoms with Crippen molar-refractivity contribution in [3.63, 3.8) is 0 Å². The summed E-state index contributed by atoms with van der Waals surface area (Å²) in [7, 11) is 0. The normalized spacial score (nSPS) is 12.4. The van der Waals surface area contributed by atoms with Gasteiger partial charge in [0.05, 0.1) is 13.0 Å². The highest BCUT2D eigenvalue weighted by molar-refractivity contribution is 5.71. The van der Waals surface area contributed by atoms with E-state index < -0.39 is 6.10 Å². The van der Waals surface area contributed by atoms with Crippen molar-refractivity contribution in [3.8, 4) is 0 Å². The quantitative estimate of drug-likeness (QED) is 0.634. The zero-order valence-electron chi connectivity index (χ0n) is 9.20. The van der Waals surface area contributed by atoms with Crippen LogP contribution in [0.25, 0.3) is 0 Å². The van der Waals surface area contributed by atoms with Gasteiger partial charge in [0.15, 0.2) is 0 Å². The minimum absolute atomic E-state index is 0.117. The number of ether oxygens (including phenoxy) is 2. The lowest BCUT2D eigenvalue weighted by molar-refractivity contribution is -0.153. The highest BCUT2D eigenvalue weighted by atomic mass is 16.6. The molecule has 0 bridgehead atoms. The molecular formula is C10H18O4. The Balaban J connectivity index is 3.66. The standard InChI is InChI=1S/C10H18O4/c1-7(2)6-13-10(12)5-8(3)14-9(4)11/h7-8H,5-6H2,1-4H3. The zero-order valence-corrected chi connectivity index (χ0v) is 9.20. The van der Waals surface area contributed by atoms with Crippen molar-refractivity contribution in [2.75, 3.05) is 6.61 Å². The summed E-state index contributed by atoms with van der Waals surface area (Å²) in [4.78, 5) is 21.7. The number of rotatable bonds is 5. The molecule has 4 nitrogen and oxygen atoms in total. The van der Waals surface area contributed by atoms with E-state index in [9.17, 15) is 9.59 Å². The first kappa shape index (κ1) is 12.9. The summed E-state index contributed by atoms with van der Waals surface area (Å²) in [5.41, 5.74) is 0. The van der Waals surface area contributed by atoms with E-state index in [2.05, 4.69) is 0 Å². The molecule has 0 fully saturated rings. The molecule has 14 heavy (non-hydrogen) atoms. The highest BCUT2D eigenvalue weighted by Gasteiger charge is 2.12. The van der Waals surface area contributed by atoms with E-state index in [0.717, 1.165) is 0 Å². The summed E-state index contributed by atoms with van der Waals surface area (Å²) >= 11 is 0. The molecule has 0 aromatic rings. The molecule has 4 heteroatoms. The predicted molar refractivity (Wildman–Crippen MR) is 51.6 cm³/mol. The number of esters is 2. The van der Waals surface area contributed by atoms with Crippen molar-refractivity contribution in [1.82, 2.24) is 0 Å². The first-order valence-electron chi connectivity index (χ1n) is 4.74. The molecule has 0 radical (unpaired) electrons. The molecular weight excluding hydrogens is 184 g/mol. The Bertz CT molecular complexity index is 198. The summed E-state index contributed by atoms with van der Waals surface area (Å²) in [6, 6.07) is 0. The van der Waals surface area contributed by atoms with Gasteiger partial charge in [-0.1, -0.05) is 13.8 Å². The van der Waals surface area contributed by atoms with E-state index in [4.69, 9.17) is 9.47 Å². The van der Waals surface area contributed by atoms with E-state index in [1.165, 1.54) is 6.92 Å². The van der Waals surface area contributed by atoms with Crippen LogP contribution in [0.4, 0.5) is 0 Å². The van der Waals surface area contributed by atoms with Crippen LogP contribution in [0, 0.1) is 5.92 Å². The average Bonchev–Trinajstić information content (AvgIpc) is 1.98. The molecule has 0 rings (SSSR count). The number of hydrogen-bond donors (Lipinski definition) is 0. The lowest BCUT2D eigenvalue weighted by atomic mass is 10.2. The van der Waals surface area contributed by atoms with E-state index in [0.29, 0.717) is 12.5 Å². The summed E-state index contributed by atoms with van der Waals surface area (Å²) < 4.78 is 9.71. The maximum Gasteiger partial charge on any atom is 0.309 e. The molecule has 0 amide bonds. The van der Waals surface area contributed by atoms with Gasteiger partial charge in [0.2, 0.25) is 0 Å². The van der Waals surface area contributed by atoms with Gasteiger partial charge in [0.1, 0.15) is 6.10 Å². The van der Waals surface area contributed by atoms with Crippen LogP contribution in [0.5, 0.6) is 0 Å². The van der Waals surface area contributed by atoms with Crippen molar-refractivity contribution in [3.05, 3.63) is 0 Å². The Labute approximate surface area is 84.6 Å². The average molecular weight is 202 g/mol. The molecule has 0 aromatic heterocycles. The van der Waals surface area contributed by atoms with E-state index in [1.54, 1.807) is 6.92 Å². The fourth-order valence-electron chi connectivity index (χ4n) is 0.878. The van der Waals surface area contributed by atoms with E-state index in [1.807, 2.05) is 13.8 Å². The van der Waals surface area contributed by atoms with Crippen molar-refractivity contribution in [2.45, 2.75) is 40.2 Å². The number of carbonyl (C=O) groups is 2. The monoisotopic (exact) mass is 202 g/mol. The molecule has 1 atom stereocenters. The molecule has 0 aromatic carbocycles. The molecule has 0 spiro atoms. The van der Waals surface area contributed by atoms with Crippen LogP contribution in [0.3, 0.4) is 0 Å². The van der Waals surface area contributed by atoms with Gasteiger partial charge in [0.25, 0.3) is 0 Å². The van der Waals surface area contributed by atoms with Gasteiger partial charge >= 0.3 is 11.9 Å². The third kappa shape index (κ3) is 7.58. The SMILES string of the molecule is CC(=O)OC(C)CC(=O)OCC(C)C. The Morgan fingerprint density at radius 3 is 2.21 bits per heavy atom. The fraction of sp³-hybridized carbons (Fsp3) is 0.800. The van der Waals surface area contributed by atoms with Crippen LogP contribution in [-0.2, 0) is 19.1 Å². The summed E-state index contributed by atoms with van der Waals surface area (Å²) in [6.07, 6.45) is -0.293. The Morgan fingerprint density at radius 2 is 1.79 bits per heavy atom. The lowest BCUT2D eigenvalue weighted by Gasteiger charge is -2.12. The highest BCUT2D eigenvalue weighted by Crippen LogP contribution is 2.01. The van der Waals surface area contributed by atoms with Crippen LogP contribution >= 0.6 is 0 Å². The second-order valence-corrected chi connectivity index (χ2v) is 3.70. The third-order valence-corrected chi connectivity index (χ3v) is 1.40. The van der Waals surface area contributed by atoms with Crippen molar-refractivity contribution in [1.29, 1.82) is 0 Å². The zero-order chi connectivity index (χ0) is 11.1. The van der Waals surface area contributed by atoms with Crippen molar-refractivity contribution in [2.24, 2.45) is 5.92 Å². The van der Waals surface area contributed by atoms with Crippen LogP contribution < -0.4 is 0 Å². The molecule has 1 unspecified atom stereocenters. The minimum Gasteiger partial charge on any atom is -0.465 e. The topological polar surface area (TPSA) is 52.6 Å². The van der Waals surface area contributed by atoms with Gasteiger partial charge in [-0.3, -0.25) is 9.59 Å². The number of hydrogen-bond acceptors (Lipinski definition) is 4. The van der Waals surface area contributed by atoms with Gasteiger partial charge in [0, 0.05) is 6.92 Å². The van der Waals surface area contributed by atoms with E-state index >= 15 is 0 Å². The molecule has 0 saturated heterocycles. The molecule has 0 saturated carbocycles. The maximum absolute atomic E-state index is 11.1. The number of carbonyl (C=O) groups excluding carboxylic acids is 2. The van der Waals surface area contributed by atoms with Gasteiger partial charge in [-0.15, -0.1) is 0 Å². The third-order valence-electron chi connectivity index (χ3n) is 1.40. The van der Waals surface area contributed by atoms with Crippen LogP contribution in [0.2, 0.25) is 0 Å². The Kier molecular flexibility index (Phi) is 5.92. The smallest absolute Gasteiger partial charge is 0.309 e. The van der Waals surface area contributed by atoms with Crippen LogP contribution in [0.1, 0.15) is 34.1 Å². The van der Waals surface area contributed by atoms with Gasteiger partial charge in [-0.2, -0.15) is 0 Å². The van der Waals surface area contributed by atoms with Crippen LogP contribution in [0.15, 0.2) is 0 Å². The molecule has 0 aliphatic carbocycles. The molecule has 0 N–H and O–H groups in total. The second kappa shape index (κ2) is 6.40. The molecule has 0 aliphatic heterocycles. The summed E-state index contributed by atoms with van der Waals surface area (Å²) in [5, 5.41) is 0. The predicted octanol–water partition coefficient (Wildman–Crippen LogP) is 1.53. The Morgan fingerprint density at radius 1 is 1.21 bits per heavy atom. The largest absolute Gasteiger partial charge is 0.465 e. The second-order valence-electron chi connectivity index (χ2n) is 3.70. The van der Waals surface area contributed by atoms with E-state index in [-0.39, 0.29) is 18.4 Å². The maximum atomic E-state index is 11.1. The fourth-order valence-corrected chi connectivity index (χ4v) is 0.878. The molecule has 82 valence electrons. The molecule has 0 heterocycles. The first-order chi connectivity index (χ1) is 6.41. The summed E-state index contributed by atoms with van der Waals surface area (Å²) in [6.45, 7) is 7.31. The van der Waals surface area contributed by atoms with Crippen molar-refractivity contribution >= 4 is 11.9 Å². The van der Waals surface area contributed by atoms with Gasteiger partial charge < -0.3 is 9.47 Å². The van der Waals surface area contributed by atoms with Crippen LogP contribution in [-0.4, -0.2) is 24.6 Å². The first-order valence-corrected chi connectivity index (χ1v) is 4.74. The summed E-state index contributed by atoms with van der Waals surface area (Å²) in [5.74, 6) is -0.385. The minimum atomic E-state index is -0.410. The van der Waals surface area contributed by atoms with Gasteiger partial charge in [-0.25, -0.2) is 0 Å². The van der Waals surface area contributed by atoms with Gasteiger partial charge in [-0.05, 0) is 12.8 Å². The Hall–Kier alpha value is -1.06. The lowest BCUT2D eigenvalue weighted by Crippen LogP contribution is -2.19.